The molecule has 1 rings (SSSR count). The Morgan fingerprint density at radius 3 is 2.65 bits per heavy atom. The zero-order chi connectivity index (χ0) is 14.8. The van der Waals surface area contributed by atoms with E-state index in [1.807, 2.05) is 25.1 Å². The van der Waals surface area contributed by atoms with Gasteiger partial charge in [0, 0.05) is 18.0 Å². The Kier molecular flexibility index (Phi) is 7.60. The van der Waals surface area contributed by atoms with Crippen LogP contribution in [0.25, 0.3) is 0 Å². The van der Waals surface area contributed by atoms with Crippen LogP contribution in [0, 0.1) is 11.8 Å². The van der Waals surface area contributed by atoms with Crippen molar-refractivity contribution < 1.29 is 9.47 Å². The molecule has 3 heteroatoms. The van der Waals surface area contributed by atoms with Crippen molar-refractivity contribution in [3.63, 3.8) is 0 Å². The summed E-state index contributed by atoms with van der Waals surface area (Å²) in [4.78, 5) is 0. The minimum Gasteiger partial charge on any atom is -0.497 e. The summed E-state index contributed by atoms with van der Waals surface area (Å²) >= 11 is 0. The number of nitrogens with one attached hydrogen (secondary N) is 1. The molecule has 3 nitrogen and oxygen atoms in total. The number of hydrogen-bond donors (Lipinski definition) is 1. The molecule has 0 aromatic heterocycles. The zero-order valence-electron chi connectivity index (χ0n) is 13.0. The Labute approximate surface area is 122 Å². The molecule has 1 unspecified atom stereocenters. The fourth-order valence-electron chi connectivity index (χ4n) is 2.14. The Bertz CT molecular complexity index is 460. The molecular formula is C17H25NO2. The van der Waals surface area contributed by atoms with Crippen molar-refractivity contribution in [3.8, 4) is 23.3 Å². The summed E-state index contributed by atoms with van der Waals surface area (Å²) < 4.78 is 10.8. The molecule has 1 N–H and O–H groups in total. The van der Waals surface area contributed by atoms with Crippen LogP contribution < -0.4 is 14.8 Å². The van der Waals surface area contributed by atoms with Crippen molar-refractivity contribution in [2.45, 2.75) is 39.2 Å². The topological polar surface area (TPSA) is 30.5 Å². The first-order valence-corrected chi connectivity index (χ1v) is 7.11. The van der Waals surface area contributed by atoms with Crippen molar-refractivity contribution in [1.82, 2.24) is 5.32 Å². The number of rotatable bonds is 8. The number of hydrogen-bond acceptors (Lipinski definition) is 3. The van der Waals surface area contributed by atoms with Gasteiger partial charge < -0.3 is 14.8 Å². The average Bonchev–Trinajstić information content (AvgIpc) is 2.50. The van der Waals surface area contributed by atoms with Gasteiger partial charge in [-0.2, -0.15) is 0 Å². The Balaban J connectivity index is 2.98. The van der Waals surface area contributed by atoms with E-state index in [9.17, 15) is 0 Å². The smallest absolute Gasteiger partial charge is 0.123 e. The van der Waals surface area contributed by atoms with Crippen molar-refractivity contribution in [1.29, 1.82) is 0 Å². The molecular weight excluding hydrogens is 250 g/mol. The van der Waals surface area contributed by atoms with E-state index in [1.165, 1.54) is 0 Å². The molecule has 0 saturated heterocycles. The number of ether oxygens (including phenoxy) is 2. The van der Waals surface area contributed by atoms with Gasteiger partial charge in [-0.05, 0) is 44.5 Å². The summed E-state index contributed by atoms with van der Waals surface area (Å²) in [6.45, 7) is 5.02. The molecule has 0 bridgehead atoms. The van der Waals surface area contributed by atoms with Crippen LogP contribution in [-0.4, -0.2) is 20.8 Å². The van der Waals surface area contributed by atoms with E-state index in [0.717, 1.165) is 42.9 Å². The molecule has 0 aliphatic carbocycles. The van der Waals surface area contributed by atoms with Gasteiger partial charge >= 0.3 is 0 Å². The van der Waals surface area contributed by atoms with Crippen LogP contribution in [0.15, 0.2) is 18.2 Å². The molecule has 0 amide bonds. The fraction of sp³-hybridized carbons (Fsp3) is 0.529. The standard InChI is InChI=1S/C17H25NO2/c1-5-7-8-9-16(18-12-6-2)15-13-14(19-3)10-11-17(15)20-4/h10-11,13,16,18H,6,8-9,12H2,1-4H3. The molecule has 110 valence electrons. The molecule has 20 heavy (non-hydrogen) atoms. The zero-order valence-corrected chi connectivity index (χ0v) is 13.0. The van der Waals surface area contributed by atoms with E-state index in [1.54, 1.807) is 14.2 Å². The third kappa shape index (κ3) is 4.79. The quantitative estimate of drug-likeness (QED) is 0.736. The highest BCUT2D eigenvalue weighted by molar-refractivity contribution is 5.42. The predicted octanol–water partition coefficient (Wildman–Crippen LogP) is 3.55. The fourth-order valence-corrected chi connectivity index (χ4v) is 2.14. The minimum absolute atomic E-state index is 0.237. The Morgan fingerprint density at radius 2 is 2.05 bits per heavy atom. The first-order chi connectivity index (χ1) is 9.76. The molecule has 0 saturated carbocycles. The summed E-state index contributed by atoms with van der Waals surface area (Å²) in [5.74, 6) is 7.82. The monoisotopic (exact) mass is 275 g/mol. The van der Waals surface area contributed by atoms with Gasteiger partial charge in [0.1, 0.15) is 11.5 Å². The lowest BCUT2D eigenvalue weighted by Gasteiger charge is -2.21. The summed E-state index contributed by atoms with van der Waals surface area (Å²) in [6.07, 6.45) is 2.94. The van der Waals surface area contributed by atoms with Crippen LogP contribution in [0.3, 0.4) is 0 Å². The summed E-state index contributed by atoms with van der Waals surface area (Å²) in [5, 5.41) is 3.57. The summed E-state index contributed by atoms with van der Waals surface area (Å²) in [5.41, 5.74) is 1.14. The molecule has 1 aromatic carbocycles. The van der Waals surface area contributed by atoms with Crippen LogP contribution in [-0.2, 0) is 0 Å². The molecule has 1 aromatic rings. The van der Waals surface area contributed by atoms with E-state index in [4.69, 9.17) is 9.47 Å². The van der Waals surface area contributed by atoms with Crippen molar-refractivity contribution in [2.24, 2.45) is 0 Å². The van der Waals surface area contributed by atoms with Crippen molar-refractivity contribution >= 4 is 0 Å². The first-order valence-electron chi connectivity index (χ1n) is 7.11. The van der Waals surface area contributed by atoms with E-state index < -0.39 is 0 Å². The normalized spacial score (nSPS) is 11.4. The summed E-state index contributed by atoms with van der Waals surface area (Å²) in [7, 11) is 3.39. The number of benzene rings is 1. The van der Waals surface area contributed by atoms with Gasteiger partial charge in [-0.15, -0.1) is 11.8 Å². The van der Waals surface area contributed by atoms with E-state index in [2.05, 4.69) is 24.1 Å². The molecule has 0 heterocycles. The van der Waals surface area contributed by atoms with Crippen LogP contribution >= 0.6 is 0 Å². The highest BCUT2D eigenvalue weighted by atomic mass is 16.5. The second kappa shape index (κ2) is 9.28. The van der Waals surface area contributed by atoms with Gasteiger partial charge in [0.05, 0.1) is 14.2 Å². The van der Waals surface area contributed by atoms with Gasteiger partial charge in [0.25, 0.3) is 0 Å². The average molecular weight is 275 g/mol. The second-order valence-corrected chi connectivity index (χ2v) is 4.58. The van der Waals surface area contributed by atoms with E-state index in [0.29, 0.717) is 0 Å². The highest BCUT2D eigenvalue weighted by Crippen LogP contribution is 2.31. The van der Waals surface area contributed by atoms with E-state index in [-0.39, 0.29) is 6.04 Å². The predicted molar refractivity (Wildman–Crippen MR) is 83.3 cm³/mol. The molecule has 0 radical (unpaired) electrons. The molecule has 0 aliphatic heterocycles. The largest absolute Gasteiger partial charge is 0.497 e. The van der Waals surface area contributed by atoms with Gasteiger partial charge in [-0.25, -0.2) is 0 Å². The first kappa shape index (κ1) is 16.4. The van der Waals surface area contributed by atoms with Gasteiger partial charge in [0.15, 0.2) is 0 Å². The molecule has 0 aliphatic rings. The maximum Gasteiger partial charge on any atom is 0.123 e. The maximum absolute atomic E-state index is 5.48. The summed E-state index contributed by atoms with van der Waals surface area (Å²) in [6, 6.07) is 6.16. The van der Waals surface area contributed by atoms with Crippen molar-refractivity contribution in [3.05, 3.63) is 23.8 Å². The van der Waals surface area contributed by atoms with E-state index >= 15 is 0 Å². The maximum atomic E-state index is 5.48. The lowest BCUT2D eigenvalue weighted by atomic mass is 10.00. The van der Waals surface area contributed by atoms with Crippen LogP contribution in [0.2, 0.25) is 0 Å². The SMILES string of the molecule is CC#CCCC(NCCC)c1cc(OC)ccc1OC. The lowest BCUT2D eigenvalue weighted by Crippen LogP contribution is -2.22. The van der Waals surface area contributed by atoms with Crippen LogP contribution in [0.5, 0.6) is 11.5 Å². The van der Waals surface area contributed by atoms with Gasteiger partial charge in [0.2, 0.25) is 0 Å². The van der Waals surface area contributed by atoms with Crippen LogP contribution in [0.1, 0.15) is 44.7 Å². The Morgan fingerprint density at radius 1 is 1.25 bits per heavy atom. The third-order valence-electron chi connectivity index (χ3n) is 3.19. The van der Waals surface area contributed by atoms with Gasteiger partial charge in [-0.3, -0.25) is 0 Å². The molecule has 0 fully saturated rings. The van der Waals surface area contributed by atoms with Gasteiger partial charge in [-0.1, -0.05) is 6.92 Å². The minimum atomic E-state index is 0.237. The third-order valence-corrected chi connectivity index (χ3v) is 3.19. The lowest BCUT2D eigenvalue weighted by molar-refractivity contribution is 0.386. The highest BCUT2D eigenvalue weighted by Gasteiger charge is 2.16. The van der Waals surface area contributed by atoms with Crippen LogP contribution in [0.4, 0.5) is 0 Å². The molecule has 1 atom stereocenters. The number of methoxy groups -OCH3 is 2. The Hall–Kier alpha value is -1.66. The second-order valence-electron chi connectivity index (χ2n) is 4.58. The molecule has 0 spiro atoms. The van der Waals surface area contributed by atoms with Crippen molar-refractivity contribution in [2.75, 3.05) is 20.8 Å².